The average molecular weight is 512 g/mol. The van der Waals surface area contributed by atoms with Gasteiger partial charge in [0.15, 0.2) is 0 Å². The Hall–Kier alpha value is -4.67. The van der Waals surface area contributed by atoms with Crippen LogP contribution in [0.1, 0.15) is 11.1 Å². The molecule has 0 saturated heterocycles. The number of ether oxygens (including phenoxy) is 2. The smallest absolute Gasteiger partial charge is 0.489 e. The van der Waals surface area contributed by atoms with E-state index in [9.17, 15) is 22.4 Å². The van der Waals surface area contributed by atoms with Crippen LogP contribution >= 0.6 is 0 Å². The summed E-state index contributed by atoms with van der Waals surface area (Å²) in [4.78, 5) is 19.7. The lowest BCUT2D eigenvalue weighted by Gasteiger charge is -2.15. The van der Waals surface area contributed by atoms with Crippen molar-refractivity contribution >= 4 is 11.7 Å². The van der Waals surface area contributed by atoms with Crippen molar-refractivity contribution in [2.24, 2.45) is 0 Å². The maximum absolute atomic E-state index is 13.3. The highest BCUT2D eigenvalue weighted by atomic mass is 19.4. The van der Waals surface area contributed by atoms with Gasteiger partial charge in [-0.25, -0.2) is 9.78 Å². The van der Waals surface area contributed by atoms with Gasteiger partial charge in [0, 0.05) is 36.4 Å². The number of urea groups is 1. The molecule has 0 aliphatic heterocycles. The Morgan fingerprint density at radius 3 is 2.41 bits per heavy atom. The molecule has 7 nitrogen and oxygen atoms in total. The van der Waals surface area contributed by atoms with Crippen LogP contribution in [0.2, 0.25) is 0 Å². The Kier molecular flexibility index (Phi) is 7.82. The summed E-state index contributed by atoms with van der Waals surface area (Å²) < 4.78 is 61.1. The van der Waals surface area contributed by atoms with E-state index in [1.54, 1.807) is 42.7 Å². The van der Waals surface area contributed by atoms with Gasteiger partial charge in [-0.05, 0) is 71.3 Å². The first kappa shape index (κ1) is 25.4. The van der Waals surface area contributed by atoms with Crippen molar-refractivity contribution in [3.05, 3.63) is 102 Å². The highest BCUT2D eigenvalue weighted by molar-refractivity contribution is 5.89. The van der Waals surface area contributed by atoms with Gasteiger partial charge in [0.05, 0.1) is 0 Å². The minimum absolute atomic E-state index is 0.00260. The number of rotatable bonds is 8. The molecule has 0 fully saturated rings. The molecule has 4 rings (SSSR count). The minimum Gasteiger partial charge on any atom is -0.489 e. The molecular formula is C26H20F4N4O3. The third-order valence-electron chi connectivity index (χ3n) is 5.04. The fraction of sp³-hybridized carbons (Fsp3) is 0.115. The molecule has 2 aromatic heterocycles. The molecule has 4 aromatic rings. The molecule has 37 heavy (non-hydrogen) atoms. The van der Waals surface area contributed by atoms with Crippen molar-refractivity contribution < 1.29 is 31.8 Å². The Bertz CT molecular complexity index is 1330. The highest BCUT2D eigenvalue weighted by Crippen LogP contribution is 2.31. The number of nitrogens with one attached hydrogen (secondary N) is 2. The van der Waals surface area contributed by atoms with Gasteiger partial charge < -0.3 is 20.1 Å². The van der Waals surface area contributed by atoms with E-state index in [4.69, 9.17) is 4.74 Å². The third-order valence-corrected chi connectivity index (χ3v) is 5.04. The van der Waals surface area contributed by atoms with Gasteiger partial charge in [0.1, 0.15) is 18.1 Å². The van der Waals surface area contributed by atoms with Gasteiger partial charge in [-0.1, -0.05) is 12.1 Å². The van der Waals surface area contributed by atoms with E-state index < -0.39 is 24.1 Å². The van der Waals surface area contributed by atoms with Crippen LogP contribution in [-0.4, -0.2) is 22.4 Å². The standard InChI is InChI=1S/C26H20F4N4O3/c27-24-10-4-18(15-32-24)23-12-22(37-26(28,29)30)7-3-19(23)16-36-21-8-5-20(6-9-21)34-25(35)33-14-17-2-1-11-31-13-17/h1-13,15H,14,16H2,(H2,33,34,35). The molecule has 2 aromatic carbocycles. The van der Waals surface area contributed by atoms with Crippen molar-refractivity contribution in [3.8, 4) is 22.6 Å². The van der Waals surface area contributed by atoms with E-state index in [1.165, 1.54) is 30.5 Å². The second kappa shape index (κ2) is 11.4. The summed E-state index contributed by atoms with van der Waals surface area (Å²) in [5.74, 6) is -0.684. The molecule has 190 valence electrons. The summed E-state index contributed by atoms with van der Waals surface area (Å²) in [6, 6.07) is 16.1. The van der Waals surface area contributed by atoms with Crippen LogP contribution in [-0.2, 0) is 13.2 Å². The fourth-order valence-electron chi connectivity index (χ4n) is 3.34. The number of alkyl halides is 3. The van der Waals surface area contributed by atoms with Crippen LogP contribution in [0, 0.1) is 5.95 Å². The van der Waals surface area contributed by atoms with Gasteiger partial charge in [-0.2, -0.15) is 4.39 Å². The number of carbonyl (C=O) groups excluding carboxylic acids is 1. The first-order valence-corrected chi connectivity index (χ1v) is 10.9. The molecule has 0 saturated carbocycles. The van der Waals surface area contributed by atoms with Gasteiger partial charge in [0.25, 0.3) is 0 Å². The molecule has 0 aliphatic carbocycles. The summed E-state index contributed by atoms with van der Waals surface area (Å²) in [7, 11) is 0. The van der Waals surface area contributed by atoms with Crippen molar-refractivity contribution in [2.75, 3.05) is 5.32 Å². The third kappa shape index (κ3) is 7.66. The molecule has 0 unspecified atom stereocenters. The van der Waals surface area contributed by atoms with Gasteiger partial charge in [-0.15, -0.1) is 13.2 Å². The number of anilines is 1. The molecular weight excluding hydrogens is 492 g/mol. The number of hydrogen-bond donors (Lipinski definition) is 2. The zero-order chi connectivity index (χ0) is 26.3. The second-order valence-electron chi connectivity index (χ2n) is 7.72. The first-order chi connectivity index (χ1) is 17.7. The Labute approximate surface area is 209 Å². The van der Waals surface area contributed by atoms with Crippen LogP contribution in [0.15, 0.2) is 85.3 Å². The van der Waals surface area contributed by atoms with E-state index in [0.717, 1.165) is 11.6 Å². The van der Waals surface area contributed by atoms with Crippen molar-refractivity contribution in [1.29, 1.82) is 0 Å². The van der Waals surface area contributed by atoms with E-state index >= 15 is 0 Å². The maximum Gasteiger partial charge on any atom is 0.573 e. The zero-order valence-electron chi connectivity index (χ0n) is 19.1. The van der Waals surface area contributed by atoms with Gasteiger partial charge >= 0.3 is 12.4 Å². The van der Waals surface area contributed by atoms with E-state index in [2.05, 4.69) is 25.3 Å². The van der Waals surface area contributed by atoms with Crippen LogP contribution < -0.4 is 20.1 Å². The summed E-state index contributed by atoms with van der Waals surface area (Å²) >= 11 is 0. The second-order valence-corrected chi connectivity index (χ2v) is 7.72. The Morgan fingerprint density at radius 1 is 0.946 bits per heavy atom. The number of benzene rings is 2. The van der Waals surface area contributed by atoms with Crippen molar-refractivity contribution in [3.63, 3.8) is 0 Å². The molecule has 0 atom stereocenters. The van der Waals surface area contributed by atoms with Crippen molar-refractivity contribution in [1.82, 2.24) is 15.3 Å². The van der Waals surface area contributed by atoms with Gasteiger partial charge in [0.2, 0.25) is 5.95 Å². The number of carbonyl (C=O) groups is 1. The number of amides is 2. The molecule has 2 N–H and O–H groups in total. The lowest BCUT2D eigenvalue weighted by molar-refractivity contribution is -0.274. The molecule has 2 heterocycles. The minimum atomic E-state index is -4.86. The van der Waals surface area contributed by atoms with Crippen LogP contribution in [0.4, 0.5) is 28.0 Å². The molecule has 0 aliphatic rings. The molecule has 11 heteroatoms. The summed E-state index contributed by atoms with van der Waals surface area (Å²) in [5, 5.41) is 5.43. The largest absolute Gasteiger partial charge is 0.573 e. The quantitative estimate of drug-likeness (QED) is 0.221. The van der Waals surface area contributed by atoms with E-state index in [0.29, 0.717) is 34.7 Å². The highest BCUT2D eigenvalue weighted by Gasteiger charge is 2.31. The lowest BCUT2D eigenvalue weighted by Crippen LogP contribution is -2.28. The molecule has 0 spiro atoms. The van der Waals surface area contributed by atoms with Crippen LogP contribution in [0.25, 0.3) is 11.1 Å². The normalized spacial score (nSPS) is 11.0. The fourth-order valence-corrected chi connectivity index (χ4v) is 3.34. The summed E-state index contributed by atoms with van der Waals surface area (Å²) in [6.07, 6.45) is -0.347. The number of nitrogens with zero attached hydrogens (tertiary/aromatic N) is 2. The molecule has 0 radical (unpaired) electrons. The summed E-state index contributed by atoms with van der Waals surface area (Å²) in [6.45, 7) is 0.316. The monoisotopic (exact) mass is 512 g/mol. The number of aromatic nitrogens is 2. The van der Waals surface area contributed by atoms with Crippen LogP contribution in [0.5, 0.6) is 11.5 Å². The Morgan fingerprint density at radius 2 is 1.73 bits per heavy atom. The molecule has 2 amide bonds. The number of hydrogen-bond acceptors (Lipinski definition) is 5. The summed E-state index contributed by atoms with van der Waals surface area (Å²) in [5.41, 5.74) is 2.65. The van der Waals surface area contributed by atoms with E-state index in [1.807, 2.05) is 6.07 Å². The first-order valence-electron chi connectivity index (χ1n) is 10.9. The predicted molar refractivity (Wildman–Crippen MR) is 127 cm³/mol. The number of halogens is 4. The van der Waals surface area contributed by atoms with Crippen molar-refractivity contribution in [2.45, 2.75) is 19.5 Å². The zero-order valence-corrected chi connectivity index (χ0v) is 19.1. The predicted octanol–water partition coefficient (Wildman–Crippen LogP) is 6.08. The SMILES string of the molecule is O=C(NCc1cccnc1)Nc1ccc(OCc2ccc(OC(F)(F)F)cc2-c2ccc(F)nc2)cc1. The van der Waals surface area contributed by atoms with Crippen LogP contribution in [0.3, 0.4) is 0 Å². The Balaban J connectivity index is 1.40. The maximum atomic E-state index is 13.3. The van der Waals surface area contributed by atoms with E-state index in [-0.39, 0.29) is 6.61 Å². The number of pyridine rings is 2. The van der Waals surface area contributed by atoms with Gasteiger partial charge in [-0.3, -0.25) is 4.98 Å². The molecule has 0 bridgehead atoms. The average Bonchev–Trinajstić information content (AvgIpc) is 2.88. The topological polar surface area (TPSA) is 85.4 Å². The lowest BCUT2D eigenvalue weighted by atomic mass is 10.0.